The Kier molecular flexibility index (Phi) is 12.5. The van der Waals surface area contributed by atoms with E-state index in [0.29, 0.717) is 6.61 Å². The first-order valence-electron chi connectivity index (χ1n) is 11.5. The summed E-state index contributed by atoms with van der Waals surface area (Å²) in [5, 5.41) is 2.71. The largest absolute Gasteiger partial charge is 0.467 e. The summed E-state index contributed by atoms with van der Waals surface area (Å²) in [5.41, 5.74) is -0.663. The number of ketones is 1. The molecule has 1 N–H and O–H groups in total. The number of hydrogen-bond donors (Lipinski definition) is 1. The molecule has 0 aliphatic carbocycles. The highest BCUT2D eigenvalue weighted by Crippen LogP contribution is 2.34. The van der Waals surface area contributed by atoms with Crippen LogP contribution in [0, 0.1) is 0 Å². The standard InChI is InChI=1S/C24H37Cl2NO7Si/c1-8-32-22(29)17(27-23(30)34-24(2,3)4)10-11-18(28)20-19(12-9-16(25)21(20)26)33-15-31-13-14-35(5,6)7/h9,12,17H,8,10-11,13-15H2,1-7H3,(H,27,30)/t17-/m0/s1. The third kappa shape index (κ3) is 12.1. The number of rotatable bonds is 13. The monoisotopic (exact) mass is 549 g/mol. The van der Waals surface area contributed by atoms with Crippen LogP contribution in [-0.2, 0) is 19.0 Å². The number of carbonyl (C=O) groups excluding carboxylic acids is 3. The average Bonchev–Trinajstić information content (AvgIpc) is 2.71. The van der Waals surface area contributed by atoms with Crippen LogP contribution in [0.5, 0.6) is 5.75 Å². The normalized spacial score (nSPS) is 12.6. The second-order valence-corrected chi connectivity index (χ2v) is 16.5. The lowest BCUT2D eigenvalue weighted by Gasteiger charge is -2.23. The maximum Gasteiger partial charge on any atom is 0.408 e. The van der Waals surface area contributed by atoms with Gasteiger partial charge in [-0.3, -0.25) is 4.79 Å². The minimum atomic E-state index is -1.24. The van der Waals surface area contributed by atoms with Crippen molar-refractivity contribution in [2.45, 2.75) is 77.9 Å². The molecule has 198 valence electrons. The topological polar surface area (TPSA) is 100 Å². The first kappa shape index (κ1) is 31.2. The number of nitrogens with one attached hydrogen (secondary N) is 1. The Bertz CT molecular complexity index is 882. The third-order valence-corrected chi connectivity index (χ3v) is 7.06. The Morgan fingerprint density at radius 3 is 2.34 bits per heavy atom. The van der Waals surface area contributed by atoms with Crippen molar-refractivity contribution in [2.75, 3.05) is 20.0 Å². The lowest BCUT2D eigenvalue weighted by Crippen LogP contribution is -2.44. The van der Waals surface area contributed by atoms with Crippen molar-refractivity contribution >= 4 is 49.1 Å². The van der Waals surface area contributed by atoms with E-state index in [-0.39, 0.29) is 47.6 Å². The molecule has 1 aromatic carbocycles. The van der Waals surface area contributed by atoms with E-state index >= 15 is 0 Å². The minimum Gasteiger partial charge on any atom is -0.467 e. The summed E-state index contributed by atoms with van der Waals surface area (Å²) in [5.74, 6) is -0.851. The molecular formula is C24H37Cl2NO7Si. The molecule has 1 aromatic rings. The Morgan fingerprint density at radius 1 is 1.11 bits per heavy atom. The summed E-state index contributed by atoms with van der Waals surface area (Å²) >= 11 is 12.5. The quantitative estimate of drug-likeness (QED) is 0.104. The Hall–Kier alpha value is -1.81. The van der Waals surface area contributed by atoms with Crippen molar-refractivity contribution in [3.8, 4) is 5.75 Å². The number of esters is 1. The molecule has 0 radical (unpaired) electrons. The van der Waals surface area contributed by atoms with Crippen LogP contribution in [0.1, 0.15) is 50.9 Å². The number of benzene rings is 1. The van der Waals surface area contributed by atoms with E-state index < -0.39 is 37.6 Å². The Morgan fingerprint density at radius 2 is 1.77 bits per heavy atom. The van der Waals surface area contributed by atoms with Crippen molar-refractivity contribution in [1.29, 1.82) is 0 Å². The van der Waals surface area contributed by atoms with Crippen LogP contribution in [0.25, 0.3) is 0 Å². The molecule has 1 rings (SSSR count). The second-order valence-electron chi connectivity index (χ2n) is 10.1. The van der Waals surface area contributed by atoms with Gasteiger partial charge in [0.15, 0.2) is 12.6 Å². The lowest BCUT2D eigenvalue weighted by molar-refractivity contribution is -0.145. The predicted molar refractivity (Wildman–Crippen MR) is 139 cm³/mol. The predicted octanol–water partition coefficient (Wildman–Crippen LogP) is 6.10. The van der Waals surface area contributed by atoms with E-state index in [9.17, 15) is 14.4 Å². The first-order chi connectivity index (χ1) is 16.1. The molecular weight excluding hydrogens is 513 g/mol. The Labute approximate surface area is 218 Å². The molecule has 11 heteroatoms. The number of halogens is 2. The number of hydrogen-bond acceptors (Lipinski definition) is 7. The van der Waals surface area contributed by atoms with Gasteiger partial charge in [-0.05, 0) is 52.3 Å². The van der Waals surface area contributed by atoms with Gasteiger partial charge in [0.05, 0.1) is 22.2 Å². The Balaban J connectivity index is 2.91. The van der Waals surface area contributed by atoms with Gasteiger partial charge in [-0.15, -0.1) is 0 Å². The highest BCUT2D eigenvalue weighted by molar-refractivity contribution is 6.76. The van der Waals surface area contributed by atoms with Gasteiger partial charge in [-0.2, -0.15) is 0 Å². The van der Waals surface area contributed by atoms with Crippen LogP contribution in [0.3, 0.4) is 0 Å². The van der Waals surface area contributed by atoms with Crippen LogP contribution in [0.4, 0.5) is 4.79 Å². The van der Waals surface area contributed by atoms with Crippen molar-refractivity contribution in [3.05, 3.63) is 27.7 Å². The van der Waals surface area contributed by atoms with Gasteiger partial charge >= 0.3 is 12.1 Å². The molecule has 0 spiro atoms. The van der Waals surface area contributed by atoms with Gasteiger partial charge in [0.2, 0.25) is 0 Å². The number of alkyl carbamates (subject to hydrolysis) is 1. The van der Waals surface area contributed by atoms with Crippen molar-refractivity contribution < 1.29 is 33.3 Å². The molecule has 0 aromatic heterocycles. The number of carbonyl (C=O) groups is 3. The fraction of sp³-hybridized carbons (Fsp3) is 0.625. The number of Topliss-reactive ketones (excluding diaryl/α,β-unsaturated/α-hetero) is 1. The van der Waals surface area contributed by atoms with Crippen LogP contribution in [0.15, 0.2) is 12.1 Å². The summed E-state index contributed by atoms with van der Waals surface area (Å²) in [6.45, 7) is 14.1. The van der Waals surface area contributed by atoms with E-state index in [2.05, 4.69) is 25.0 Å². The van der Waals surface area contributed by atoms with Crippen molar-refractivity contribution in [2.24, 2.45) is 0 Å². The molecule has 1 atom stereocenters. The van der Waals surface area contributed by atoms with Gasteiger partial charge in [-0.25, -0.2) is 9.59 Å². The zero-order chi connectivity index (χ0) is 26.8. The van der Waals surface area contributed by atoms with Gasteiger partial charge in [0.1, 0.15) is 17.4 Å². The smallest absolute Gasteiger partial charge is 0.408 e. The first-order valence-corrected chi connectivity index (χ1v) is 16.0. The van der Waals surface area contributed by atoms with E-state index in [1.807, 2.05) is 0 Å². The van der Waals surface area contributed by atoms with E-state index in [0.717, 1.165) is 6.04 Å². The molecule has 0 unspecified atom stereocenters. The van der Waals surface area contributed by atoms with E-state index in [4.69, 9.17) is 42.1 Å². The summed E-state index contributed by atoms with van der Waals surface area (Å²) in [7, 11) is -1.24. The molecule has 35 heavy (non-hydrogen) atoms. The van der Waals surface area contributed by atoms with Crippen LogP contribution in [0.2, 0.25) is 35.7 Å². The molecule has 0 saturated carbocycles. The number of ether oxygens (including phenoxy) is 4. The molecule has 0 saturated heterocycles. The third-order valence-electron chi connectivity index (χ3n) is 4.55. The maximum absolute atomic E-state index is 13.1. The van der Waals surface area contributed by atoms with Gasteiger partial charge in [0.25, 0.3) is 0 Å². The summed E-state index contributed by atoms with van der Waals surface area (Å²) in [6, 6.07) is 2.97. The number of amides is 1. The molecule has 1 amide bonds. The van der Waals surface area contributed by atoms with E-state index in [1.165, 1.54) is 6.07 Å². The average molecular weight is 551 g/mol. The fourth-order valence-electron chi connectivity index (χ4n) is 2.80. The van der Waals surface area contributed by atoms with Crippen molar-refractivity contribution in [3.63, 3.8) is 0 Å². The van der Waals surface area contributed by atoms with Crippen molar-refractivity contribution in [1.82, 2.24) is 5.32 Å². The fourth-order valence-corrected chi connectivity index (χ4v) is 3.97. The van der Waals surface area contributed by atoms with Crippen LogP contribution in [-0.4, -0.2) is 57.6 Å². The zero-order valence-electron chi connectivity index (χ0n) is 21.6. The molecule has 0 fully saturated rings. The molecule has 0 aliphatic heterocycles. The van der Waals surface area contributed by atoms with Crippen LogP contribution < -0.4 is 10.1 Å². The molecule has 0 heterocycles. The van der Waals surface area contributed by atoms with Gasteiger partial charge < -0.3 is 24.3 Å². The molecule has 8 nitrogen and oxygen atoms in total. The van der Waals surface area contributed by atoms with Gasteiger partial charge in [-0.1, -0.05) is 42.8 Å². The SMILES string of the molecule is CCOC(=O)[C@H](CCC(=O)c1c(OCOCC[Si](C)(C)C)ccc(Cl)c1Cl)NC(=O)OC(C)(C)C. The van der Waals surface area contributed by atoms with Crippen LogP contribution >= 0.6 is 23.2 Å². The molecule has 0 bridgehead atoms. The lowest BCUT2D eigenvalue weighted by atomic mass is 10.0. The molecule has 0 aliphatic rings. The van der Waals surface area contributed by atoms with E-state index in [1.54, 1.807) is 33.8 Å². The summed E-state index contributed by atoms with van der Waals surface area (Å²) < 4.78 is 21.5. The summed E-state index contributed by atoms with van der Waals surface area (Å²) in [4.78, 5) is 37.7. The zero-order valence-corrected chi connectivity index (χ0v) is 24.1. The minimum absolute atomic E-state index is 0.0358. The summed E-state index contributed by atoms with van der Waals surface area (Å²) in [6.07, 6.45) is -0.957. The second kappa shape index (κ2) is 14.1. The van der Waals surface area contributed by atoms with Gasteiger partial charge in [0, 0.05) is 21.1 Å². The highest BCUT2D eigenvalue weighted by atomic mass is 35.5. The highest BCUT2D eigenvalue weighted by Gasteiger charge is 2.28. The maximum atomic E-state index is 13.1.